The van der Waals surface area contributed by atoms with E-state index in [4.69, 9.17) is 0 Å². The zero-order valence-electron chi connectivity index (χ0n) is 8.59. The van der Waals surface area contributed by atoms with Crippen molar-refractivity contribution in [1.82, 2.24) is 0 Å². The van der Waals surface area contributed by atoms with E-state index in [9.17, 15) is 0 Å². The van der Waals surface area contributed by atoms with Crippen LogP contribution in [0.1, 0.15) is 41.0 Å². The minimum absolute atomic E-state index is 0.726. The summed E-state index contributed by atoms with van der Waals surface area (Å²) in [5, 5.41) is 0. The Morgan fingerprint density at radius 3 is 1.91 bits per heavy atom. The standard InChI is InChI=1S/C11H22/c1-6-10(4)7-8-11(5)9(2)3/h7-11H,6H2,1-5H3/b8-7+. The first-order valence-corrected chi connectivity index (χ1v) is 4.76. The lowest BCUT2D eigenvalue weighted by atomic mass is 9.96. The molecule has 0 amide bonds. The molecule has 0 heterocycles. The van der Waals surface area contributed by atoms with Gasteiger partial charge in [0.25, 0.3) is 0 Å². The van der Waals surface area contributed by atoms with E-state index < -0.39 is 0 Å². The molecule has 66 valence electrons. The molecule has 0 radical (unpaired) electrons. The predicted molar refractivity (Wildman–Crippen MR) is 52.6 cm³/mol. The van der Waals surface area contributed by atoms with Gasteiger partial charge in [0.1, 0.15) is 0 Å². The van der Waals surface area contributed by atoms with Crippen molar-refractivity contribution < 1.29 is 0 Å². The molecule has 2 atom stereocenters. The van der Waals surface area contributed by atoms with E-state index in [-0.39, 0.29) is 0 Å². The maximum absolute atomic E-state index is 2.35. The molecule has 0 saturated heterocycles. The first-order chi connectivity index (χ1) is 5.07. The van der Waals surface area contributed by atoms with Crippen molar-refractivity contribution in [2.75, 3.05) is 0 Å². The molecule has 0 bridgehead atoms. The molecule has 0 nitrogen and oxygen atoms in total. The van der Waals surface area contributed by atoms with Crippen LogP contribution >= 0.6 is 0 Å². The fourth-order valence-electron chi connectivity index (χ4n) is 0.723. The number of hydrogen-bond donors (Lipinski definition) is 0. The van der Waals surface area contributed by atoms with Crippen molar-refractivity contribution in [3.63, 3.8) is 0 Å². The van der Waals surface area contributed by atoms with Crippen LogP contribution < -0.4 is 0 Å². The Labute approximate surface area is 71.7 Å². The van der Waals surface area contributed by atoms with Crippen molar-refractivity contribution >= 4 is 0 Å². The molecule has 0 aromatic carbocycles. The molecule has 0 spiro atoms. The number of allylic oxidation sites excluding steroid dienone is 2. The van der Waals surface area contributed by atoms with Crippen LogP contribution in [0.15, 0.2) is 12.2 Å². The lowest BCUT2D eigenvalue weighted by molar-refractivity contribution is 0.500. The average molecular weight is 154 g/mol. The fraction of sp³-hybridized carbons (Fsp3) is 0.818. The van der Waals surface area contributed by atoms with Gasteiger partial charge >= 0.3 is 0 Å². The maximum Gasteiger partial charge on any atom is -0.0239 e. The Morgan fingerprint density at radius 2 is 1.55 bits per heavy atom. The lowest BCUT2D eigenvalue weighted by Gasteiger charge is -2.10. The zero-order chi connectivity index (χ0) is 8.85. The minimum Gasteiger partial charge on any atom is -0.0854 e. The highest BCUT2D eigenvalue weighted by Crippen LogP contribution is 2.13. The van der Waals surface area contributed by atoms with Crippen LogP contribution in [0.2, 0.25) is 0 Å². The number of rotatable bonds is 4. The van der Waals surface area contributed by atoms with Gasteiger partial charge < -0.3 is 0 Å². The van der Waals surface area contributed by atoms with E-state index in [1.807, 2.05) is 0 Å². The third-order valence-corrected chi connectivity index (χ3v) is 2.44. The SMILES string of the molecule is CCC(C)/C=C/C(C)C(C)C. The molecule has 2 unspecified atom stereocenters. The van der Waals surface area contributed by atoms with Crippen molar-refractivity contribution in [1.29, 1.82) is 0 Å². The number of hydrogen-bond acceptors (Lipinski definition) is 0. The van der Waals surface area contributed by atoms with Crippen LogP contribution in [0, 0.1) is 17.8 Å². The zero-order valence-corrected chi connectivity index (χ0v) is 8.59. The highest BCUT2D eigenvalue weighted by Gasteiger charge is 2.01. The van der Waals surface area contributed by atoms with Crippen molar-refractivity contribution in [3.05, 3.63) is 12.2 Å². The van der Waals surface area contributed by atoms with Gasteiger partial charge in [0.05, 0.1) is 0 Å². The molecular formula is C11H22. The molecule has 11 heavy (non-hydrogen) atoms. The molecular weight excluding hydrogens is 132 g/mol. The van der Waals surface area contributed by atoms with E-state index in [2.05, 4.69) is 46.8 Å². The third kappa shape index (κ3) is 5.06. The average Bonchev–Trinajstić information content (AvgIpc) is 1.99. The summed E-state index contributed by atoms with van der Waals surface area (Å²) in [6.07, 6.45) is 5.94. The quantitative estimate of drug-likeness (QED) is 0.539. The van der Waals surface area contributed by atoms with E-state index in [1.54, 1.807) is 0 Å². The molecule has 0 rings (SSSR count). The molecule has 0 aliphatic heterocycles. The van der Waals surface area contributed by atoms with E-state index in [1.165, 1.54) is 6.42 Å². The first kappa shape index (κ1) is 10.7. The van der Waals surface area contributed by atoms with Gasteiger partial charge in [-0.2, -0.15) is 0 Å². The smallest absolute Gasteiger partial charge is 0.0239 e. The molecule has 0 saturated carbocycles. The predicted octanol–water partition coefficient (Wildman–Crippen LogP) is 3.88. The Morgan fingerprint density at radius 1 is 1.00 bits per heavy atom. The third-order valence-electron chi connectivity index (χ3n) is 2.44. The van der Waals surface area contributed by atoms with Gasteiger partial charge in [-0.05, 0) is 17.8 Å². The lowest BCUT2D eigenvalue weighted by Crippen LogP contribution is -2.00. The normalized spacial score (nSPS) is 17.6. The summed E-state index contributed by atoms with van der Waals surface area (Å²) >= 11 is 0. The van der Waals surface area contributed by atoms with Crippen LogP contribution in [0.4, 0.5) is 0 Å². The molecule has 0 aliphatic rings. The highest BCUT2D eigenvalue weighted by atomic mass is 14.1. The summed E-state index contributed by atoms with van der Waals surface area (Å²) < 4.78 is 0. The van der Waals surface area contributed by atoms with Gasteiger partial charge in [-0.25, -0.2) is 0 Å². The van der Waals surface area contributed by atoms with Crippen molar-refractivity contribution in [2.24, 2.45) is 17.8 Å². The van der Waals surface area contributed by atoms with Gasteiger partial charge in [0.15, 0.2) is 0 Å². The molecule has 0 aromatic rings. The monoisotopic (exact) mass is 154 g/mol. The summed E-state index contributed by atoms with van der Waals surface area (Å²) in [5.74, 6) is 2.25. The molecule has 0 heteroatoms. The van der Waals surface area contributed by atoms with Crippen molar-refractivity contribution in [2.45, 2.75) is 41.0 Å². The maximum atomic E-state index is 2.35. The Hall–Kier alpha value is -0.260. The fourth-order valence-corrected chi connectivity index (χ4v) is 0.723. The summed E-state index contributed by atoms with van der Waals surface area (Å²) in [4.78, 5) is 0. The Bertz CT molecular complexity index is 111. The Balaban J connectivity index is 3.72. The van der Waals surface area contributed by atoms with E-state index in [0.717, 1.165) is 17.8 Å². The second kappa shape index (κ2) is 5.40. The molecule has 0 N–H and O–H groups in total. The van der Waals surface area contributed by atoms with Crippen LogP contribution in [-0.2, 0) is 0 Å². The summed E-state index contributed by atoms with van der Waals surface area (Å²) in [6.45, 7) is 11.3. The highest BCUT2D eigenvalue weighted by molar-refractivity contribution is 4.90. The first-order valence-electron chi connectivity index (χ1n) is 4.76. The second-order valence-corrected chi connectivity index (χ2v) is 3.87. The van der Waals surface area contributed by atoms with Gasteiger partial charge in [-0.1, -0.05) is 53.2 Å². The summed E-state index contributed by atoms with van der Waals surface area (Å²) in [6, 6.07) is 0. The van der Waals surface area contributed by atoms with E-state index in [0.29, 0.717) is 0 Å². The van der Waals surface area contributed by atoms with Crippen LogP contribution in [0.3, 0.4) is 0 Å². The minimum atomic E-state index is 0.726. The van der Waals surface area contributed by atoms with Crippen LogP contribution in [-0.4, -0.2) is 0 Å². The van der Waals surface area contributed by atoms with Gasteiger partial charge in [-0.3, -0.25) is 0 Å². The molecule has 0 aliphatic carbocycles. The summed E-state index contributed by atoms with van der Waals surface area (Å²) in [5.41, 5.74) is 0. The van der Waals surface area contributed by atoms with Crippen molar-refractivity contribution in [3.8, 4) is 0 Å². The topological polar surface area (TPSA) is 0 Å². The Kier molecular flexibility index (Phi) is 5.27. The second-order valence-electron chi connectivity index (χ2n) is 3.87. The molecule has 0 fully saturated rings. The van der Waals surface area contributed by atoms with Crippen LogP contribution in [0.5, 0.6) is 0 Å². The van der Waals surface area contributed by atoms with Gasteiger partial charge in [0, 0.05) is 0 Å². The summed E-state index contributed by atoms with van der Waals surface area (Å²) in [7, 11) is 0. The van der Waals surface area contributed by atoms with Gasteiger partial charge in [0.2, 0.25) is 0 Å². The van der Waals surface area contributed by atoms with Crippen LogP contribution in [0.25, 0.3) is 0 Å². The van der Waals surface area contributed by atoms with Gasteiger partial charge in [-0.15, -0.1) is 0 Å². The van der Waals surface area contributed by atoms with E-state index >= 15 is 0 Å². The largest absolute Gasteiger partial charge is 0.0854 e. The molecule has 0 aromatic heterocycles.